The number of aryl methyl sites for hydroxylation is 4. The Kier molecular flexibility index (Phi) is 6.31. The fourth-order valence-corrected chi connectivity index (χ4v) is 4.50. The van der Waals surface area contributed by atoms with Crippen LogP contribution in [0.3, 0.4) is 0 Å². The largest absolute Gasteiger partial charge is 0.324 e. The first-order valence-electron chi connectivity index (χ1n) is 8.98. The van der Waals surface area contributed by atoms with E-state index in [4.69, 9.17) is 0 Å². The molecule has 0 heterocycles. The average molecular weight is 389 g/mol. The highest BCUT2D eigenvalue weighted by molar-refractivity contribution is 7.92. The maximum atomic E-state index is 13.0. The number of sulfonamides is 1. The molecule has 1 unspecified atom stereocenters. The monoisotopic (exact) mass is 388 g/mol. The Bertz CT molecular complexity index is 932. The van der Waals surface area contributed by atoms with Crippen molar-refractivity contribution in [3.8, 4) is 0 Å². The van der Waals surface area contributed by atoms with Crippen LogP contribution in [-0.4, -0.2) is 26.6 Å². The molecule has 0 aliphatic heterocycles. The summed E-state index contributed by atoms with van der Waals surface area (Å²) in [6.07, 6.45) is 1.49. The van der Waals surface area contributed by atoms with Gasteiger partial charge in [-0.3, -0.25) is 9.10 Å². The molecule has 27 heavy (non-hydrogen) atoms. The lowest BCUT2D eigenvalue weighted by atomic mass is 10.1. The molecular formula is C21H28N2O3S. The van der Waals surface area contributed by atoms with Crippen molar-refractivity contribution in [1.82, 2.24) is 0 Å². The summed E-state index contributed by atoms with van der Waals surface area (Å²) in [6.45, 7) is 9.54. The van der Waals surface area contributed by atoms with Crippen LogP contribution < -0.4 is 9.62 Å². The van der Waals surface area contributed by atoms with Crippen LogP contribution in [0.4, 0.5) is 11.4 Å². The number of carbonyl (C=O) groups excluding carboxylic acids is 1. The number of benzene rings is 2. The van der Waals surface area contributed by atoms with E-state index >= 15 is 0 Å². The predicted octanol–water partition coefficient (Wildman–Crippen LogP) is 4.10. The minimum atomic E-state index is -3.64. The maximum absolute atomic E-state index is 13.0. The number of nitrogens with zero attached hydrogens (tertiary/aromatic N) is 1. The average Bonchev–Trinajstić information content (AvgIpc) is 2.52. The van der Waals surface area contributed by atoms with Crippen LogP contribution in [-0.2, 0) is 14.8 Å². The quantitative estimate of drug-likeness (QED) is 0.810. The molecule has 0 saturated carbocycles. The van der Waals surface area contributed by atoms with Gasteiger partial charge >= 0.3 is 0 Å². The number of nitrogens with one attached hydrogen (secondary N) is 1. The zero-order valence-corrected chi connectivity index (χ0v) is 17.6. The van der Waals surface area contributed by atoms with E-state index in [0.29, 0.717) is 17.8 Å². The van der Waals surface area contributed by atoms with Crippen molar-refractivity contribution in [2.45, 2.75) is 47.1 Å². The van der Waals surface area contributed by atoms with Crippen molar-refractivity contribution in [1.29, 1.82) is 0 Å². The summed E-state index contributed by atoms with van der Waals surface area (Å²) in [5.41, 5.74) is 5.14. The maximum Gasteiger partial charge on any atom is 0.248 e. The highest BCUT2D eigenvalue weighted by Crippen LogP contribution is 2.26. The summed E-state index contributed by atoms with van der Waals surface area (Å²) in [6, 6.07) is 10.5. The number of rotatable bonds is 6. The van der Waals surface area contributed by atoms with Crippen LogP contribution >= 0.6 is 0 Å². The van der Waals surface area contributed by atoms with Gasteiger partial charge in [-0.1, -0.05) is 30.7 Å². The van der Waals surface area contributed by atoms with E-state index in [-0.39, 0.29) is 5.91 Å². The van der Waals surface area contributed by atoms with Gasteiger partial charge < -0.3 is 5.32 Å². The van der Waals surface area contributed by atoms with E-state index in [1.807, 2.05) is 58.9 Å². The minimum absolute atomic E-state index is 0.339. The molecule has 2 aromatic carbocycles. The van der Waals surface area contributed by atoms with Gasteiger partial charge in [0.05, 0.1) is 11.9 Å². The minimum Gasteiger partial charge on any atom is -0.324 e. The number of anilines is 2. The Morgan fingerprint density at radius 2 is 1.59 bits per heavy atom. The lowest BCUT2D eigenvalue weighted by molar-refractivity contribution is -0.117. The topological polar surface area (TPSA) is 66.5 Å². The van der Waals surface area contributed by atoms with Crippen LogP contribution in [0.5, 0.6) is 0 Å². The van der Waals surface area contributed by atoms with Crippen LogP contribution in [0.25, 0.3) is 0 Å². The molecule has 0 aromatic heterocycles. The first kappa shape index (κ1) is 21.0. The van der Waals surface area contributed by atoms with Gasteiger partial charge in [0.25, 0.3) is 0 Å². The number of hydrogen-bond acceptors (Lipinski definition) is 3. The summed E-state index contributed by atoms with van der Waals surface area (Å²) in [4.78, 5) is 13.0. The lowest BCUT2D eigenvalue weighted by Gasteiger charge is -2.30. The summed E-state index contributed by atoms with van der Waals surface area (Å²) in [5.74, 6) is -0.339. The van der Waals surface area contributed by atoms with Gasteiger partial charge in [-0.15, -0.1) is 0 Å². The Morgan fingerprint density at radius 1 is 1.00 bits per heavy atom. The van der Waals surface area contributed by atoms with E-state index in [0.717, 1.165) is 28.5 Å². The number of carbonyl (C=O) groups is 1. The molecule has 0 aliphatic rings. The second kappa shape index (κ2) is 8.13. The van der Waals surface area contributed by atoms with Crippen LogP contribution in [0, 0.1) is 27.7 Å². The molecule has 0 aliphatic carbocycles. The third-order valence-electron chi connectivity index (χ3n) is 4.43. The van der Waals surface area contributed by atoms with E-state index in [1.54, 1.807) is 12.1 Å². The van der Waals surface area contributed by atoms with E-state index in [2.05, 4.69) is 5.32 Å². The molecule has 0 fully saturated rings. The molecule has 5 nitrogen and oxygen atoms in total. The fourth-order valence-electron chi connectivity index (χ4n) is 3.31. The fraction of sp³-hybridized carbons (Fsp3) is 0.381. The molecule has 0 saturated heterocycles. The van der Waals surface area contributed by atoms with Crippen molar-refractivity contribution >= 4 is 27.3 Å². The summed E-state index contributed by atoms with van der Waals surface area (Å²) >= 11 is 0. The lowest BCUT2D eigenvalue weighted by Crippen LogP contribution is -2.47. The molecule has 2 rings (SSSR count). The molecule has 0 bridgehead atoms. The van der Waals surface area contributed by atoms with Crippen molar-refractivity contribution < 1.29 is 13.2 Å². The molecule has 0 radical (unpaired) electrons. The van der Waals surface area contributed by atoms with E-state index in [1.165, 1.54) is 4.31 Å². The van der Waals surface area contributed by atoms with Gasteiger partial charge in [-0.05, 0) is 69.0 Å². The zero-order chi connectivity index (χ0) is 20.4. The summed E-state index contributed by atoms with van der Waals surface area (Å²) < 4.78 is 26.4. The number of hydrogen-bond donors (Lipinski definition) is 1. The van der Waals surface area contributed by atoms with Crippen molar-refractivity contribution in [2.75, 3.05) is 15.9 Å². The standard InChI is InChI=1S/C21H28N2O3S/c1-7-20(21(24)22-19-9-8-14(2)11-17(19)5)23(27(6,25)26)18-12-15(3)10-16(4)13-18/h8-13,20H,7H2,1-6H3,(H,22,24). The molecule has 0 spiro atoms. The molecule has 1 amide bonds. The zero-order valence-electron chi connectivity index (χ0n) is 16.8. The molecule has 1 N–H and O–H groups in total. The van der Waals surface area contributed by atoms with Crippen molar-refractivity contribution in [3.63, 3.8) is 0 Å². The predicted molar refractivity (Wildman–Crippen MR) is 112 cm³/mol. The highest BCUT2D eigenvalue weighted by Gasteiger charge is 2.32. The third kappa shape index (κ3) is 5.10. The van der Waals surface area contributed by atoms with Gasteiger partial charge in [0.15, 0.2) is 0 Å². The molecule has 2 aromatic rings. The van der Waals surface area contributed by atoms with E-state index < -0.39 is 16.1 Å². The normalized spacial score (nSPS) is 12.5. The second-order valence-corrected chi connectivity index (χ2v) is 9.00. The van der Waals surface area contributed by atoms with Gasteiger partial charge in [0.2, 0.25) is 15.9 Å². The highest BCUT2D eigenvalue weighted by atomic mass is 32.2. The SMILES string of the molecule is CCC(C(=O)Nc1ccc(C)cc1C)N(c1cc(C)cc(C)c1)S(C)(=O)=O. The number of amides is 1. The Hall–Kier alpha value is -2.34. The first-order valence-corrected chi connectivity index (χ1v) is 10.8. The Balaban J connectivity index is 2.44. The molecule has 6 heteroatoms. The van der Waals surface area contributed by atoms with Crippen LogP contribution in [0.1, 0.15) is 35.6 Å². The van der Waals surface area contributed by atoms with Crippen LogP contribution in [0.15, 0.2) is 36.4 Å². The first-order chi connectivity index (χ1) is 12.5. The molecular weight excluding hydrogens is 360 g/mol. The second-order valence-electron chi connectivity index (χ2n) is 7.14. The van der Waals surface area contributed by atoms with Gasteiger partial charge in [0, 0.05) is 5.69 Å². The van der Waals surface area contributed by atoms with Crippen LogP contribution in [0.2, 0.25) is 0 Å². The van der Waals surface area contributed by atoms with Gasteiger partial charge in [-0.25, -0.2) is 8.42 Å². The van der Waals surface area contributed by atoms with E-state index in [9.17, 15) is 13.2 Å². The van der Waals surface area contributed by atoms with Gasteiger partial charge in [0.1, 0.15) is 6.04 Å². The Labute approximate surface area is 162 Å². The third-order valence-corrected chi connectivity index (χ3v) is 5.61. The molecule has 1 atom stereocenters. The van der Waals surface area contributed by atoms with Crippen molar-refractivity contribution in [3.05, 3.63) is 58.7 Å². The summed E-state index contributed by atoms with van der Waals surface area (Å²) in [5, 5.41) is 2.89. The summed E-state index contributed by atoms with van der Waals surface area (Å²) in [7, 11) is -3.64. The van der Waals surface area contributed by atoms with Crippen molar-refractivity contribution in [2.24, 2.45) is 0 Å². The van der Waals surface area contributed by atoms with Gasteiger partial charge in [-0.2, -0.15) is 0 Å². The smallest absolute Gasteiger partial charge is 0.248 e. The Morgan fingerprint density at radius 3 is 2.07 bits per heavy atom. The molecule has 146 valence electrons.